The minimum atomic E-state index is -0.303. The van der Waals surface area contributed by atoms with E-state index in [1.165, 1.54) is 0 Å². The average molecular weight is 262 g/mol. The van der Waals surface area contributed by atoms with Gasteiger partial charge in [0, 0.05) is 26.0 Å². The fourth-order valence-corrected chi connectivity index (χ4v) is 2.97. The molecule has 3 rings (SSSR count). The zero-order chi connectivity index (χ0) is 13.2. The van der Waals surface area contributed by atoms with E-state index in [2.05, 4.69) is 20.2 Å². The molecule has 2 aliphatic heterocycles. The summed E-state index contributed by atoms with van der Waals surface area (Å²) in [5, 5.41) is 2.66. The Kier molecular flexibility index (Phi) is 3.33. The van der Waals surface area contributed by atoms with Crippen LogP contribution in [-0.2, 0) is 9.53 Å². The molecule has 2 aliphatic rings. The number of rotatable bonds is 2. The summed E-state index contributed by atoms with van der Waals surface area (Å²) in [7, 11) is 1.65. The second kappa shape index (κ2) is 5.13. The Morgan fingerprint density at radius 1 is 1.37 bits per heavy atom. The number of hydrogen-bond acceptors (Lipinski definition) is 5. The van der Waals surface area contributed by atoms with E-state index < -0.39 is 0 Å². The van der Waals surface area contributed by atoms with Crippen molar-refractivity contribution in [2.24, 2.45) is 0 Å². The number of nitrogens with one attached hydrogen (secondary N) is 1. The molecule has 3 heterocycles. The van der Waals surface area contributed by atoms with Gasteiger partial charge >= 0.3 is 0 Å². The average Bonchev–Trinajstić information content (AvgIpc) is 2.90. The predicted molar refractivity (Wildman–Crippen MR) is 69.7 cm³/mol. The van der Waals surface area contributed by atoms with Gasteiger partial charge in [0.1, 0.15) is 6.10 Å². The second-order valence-electron chi connectivity index (χ2n) is 4.95. The Morgan fingerprint density at radius 2 is 2.16 bits per heavy atom. The number of ether oxygens (including phenoxy) is 1. The van der Waals surface area contributed by atoms with E-state index in [1.54, 1.807) is 19.4 Å². The molecule has 19 heavy (non-hydrogen) atoms. The van der Waals surface area contributed by atoms with Crippen LogP contribution in [0.25, 0.3) is 0 Å². The number of nitrogens with zero attached hydrogens (tertiary/aromatic N) is 3. The third-order valence-electron chi connectivity index (χ3n) is 3.90. The van der Waals surface area contributed by atoms with E-state index in [9.17, 15) is 4.79 Å². The summed E-state index contributed by atoms with van der Waals surface area (Å²) in [6.07, 6.45) is 5.95. The summed E-state index contributed by atoms with van der Waals surface area (Å²) in [5.41, 5.74) is 0. The molecule has 6 nitrogen and oxygen atoms in total. The van der Waals surface area contributed by atoms with Crippen molar-refractivity contribution in [3.63, 3.8) is 0 Å². The molecule has 6 heteroatoms. The molecule has 2 fully saturated rings. The van der Waals surface area contributed by atoms with Crippen LogP contribution < -0.4 is 10.2 Å². The van der Waals surface area contributed by atoms with Crippen LogP contribution in [0, 0.1) is 0 Å². The van der Waals surface area contributed by atoms with Crippen LogP contribution in [0.4, 0.5) is 5.95 Å². The molecular weight excluding hydrogens is 244 g/mol. The summed E-state index contributed by atoms with van der Waals surface area (Å²) < 4.78 is 5.91. The molecule has 0 spiro atoms. The fraction of sp³-hybridized carbons (Fsp3) is 0.615. The largest absolute Gasteiger partial charge is 0.363 e. The number of likely N-dealkylation sites (N-methyl/N-ethyl adjacent to an activating group) is 1. The Labute approximate surface area is 112 Å². The smallest absolute Gasteiger partial charge is 0.248 e. The number of hydrogen-bond donors (Lipinski definition) is 1. The van der Waals surface area contributed by atoms with E-state index in [1.807, 2.05) is 6.07 Å². The van der Waals surface area contributed by atoms with Gasteiger partial charge in [0.25, 0.3) is 0 Å². The van der Waals surface area contributed by atoms with Gasteiger partial charge in [0.2, 0.25) is 11.9 Å². The highest BCUT2D eigenvalue weighted by atomic mass is 16.5. The van der Waals surface area contributed by atoms with Gasteiger partial charge in [-0.05, 0) is 25.3 Å². The van der Waals surface area contributed by atoms with Crippen molar-refractivity contribution in [1.82, 2.24) is 15.3 Å². The molecule has 3 atom stereocenters. The van der Waals surface area contributed by atoms with Gasteiger partial charge < -0.3 is 15.0 Å². The summed E-state index contributed by atoms with van der Waals surface area (Å²) in [6, 6.07) is 2.11. The maximum atomic E-state index is 11.6. The van der Waals surface area contributed by atoms with Crippen LogP contribution in [-0.4, -0.2) is 47.7 Å². The molecule has 0 saturated carbocycles. The van der Waals surface area contributed by atoms with E-state index in [0.29, 0.717) is 6.04 Å². The summed E-state index contributed by atoms with van der Waals surface area (Å²) in [6.45, 7) is 0.889. The van der Waals surface area contributed by atoms with E-state index in [4.69, 9.17) is 4.74 Å². The van der Waals surface area contributed by atoms with Gasteiger partial charge in [0.05, 0.1) is 12.1 Å². The first kappa shape index (κ1) is 12.3. The summed E-state index contributed by atoms with van der Waals surface area (Å²) >= 11 is 0. The maximum Gasteiger partial charge on any atom is 0.248 e. The van der Waals surface area contributed by atoms with Gasteiger partial charge in [-0.3, -0.25) is 4.79 Å². The highest BCUT2D eigenvalue weighted by Gasteiger charge is 2.42. The van der Waals surface area contributed by atoms with Crippen LogP contribution in [0.2, 0.25) is 0 Å². The third-order valence-corrected chi connectivity index (χ3v) is 3.90. The van der Waals surface area contributed by atoms with Gasteiger partial charge in [-0.1, -0.05) is 0 Å². The molecule has 0 aromatic carbocycles. The van der Waals surface area contributed by atoms with Crippen molar-refractivity contribution in [2.75, 3.05) is 18.5 Å². The first-order valence-electron chi connectivity index (χ1n) is 6.70. The van der Waals surface area contributed by atoms with Gasteiger partial charge in [0.15, 0.2) is 0 Å². The maximum absolute atomic E-state index is 11.6. The lowest BCUT2D eigenvalue weighted by Gasteiger charge is -2.35. The van der Waals surface area contributed by atoms with Crippen molar-refractivity contribution in [2.45, 2.75) is 37.5 Å². The number of carbonyl (C=O) groups is 1. The molecule has 0 radical (unpaired) electrons. The van der Waals surface area contributed by atoms with Gasteiger partial charge in [-0.25, -0.2) is 9.97 Å². The van der Waals surface area contributed by atoms with Crippen LogP contribution in [0.1, 0.15) is 19.3 Å². The normalized spacial score (nSPS) is 29.9. The third kappa shape index (κ3) is 2.28. The number of aromatic nitrogens is 2. The molecule has 1 aromatic heterocycles. The summed E-state index contributed by atoms with van der Waals surface area (Å²) in [5.74, 6) is 0.741. The molecule has 1 aromatic rings. The number of carbonyl (C=O) groups excluding carboxylic acids is 1. The van der Waals surface area contributed by atoms with Gasteiger partial charge in [-0.2, -0.15) is 0 Å². The van der Waals surface area contributed by atoms with Crippen LogP contribution in [0.15, 0.2) is 18.5 Å². The molecule has 0 unspecified atom stereocenters. The molecule has 2 saturated heterocycles. The monoisotopic (exact) mass is 262 g/mol. The lowest BCUT2D eigenvalue weighted by Crippen LogP contribution is -2.47. The first-order valence-corrected chi connectivity index (χ1v) is 6.70. The molecule has 0 bridgehead atoms. The Morgan fingerprint density at radius 3 is 2.89 bits per heavy atom. The molecule has 1 N–H and O–H groups in total. The number of fused-ring (bicyclic) bond motifs is 1. The zero-order valence-corrected chi connectivity index (χ0v) is 11.0. The predicted octanol–water partition coefficient (Wildman–Crippen LogP) is 0.349. The van der Waals surface area contributed by atoms with Crippen molar-refractivity contribution < 1.29 is 9.53 Å². The van der Waals surface area contributed by atoms with Crippen molar-refractivity contribution in [3.05, 3.63) is 18.5 Å². The molecule has 0 aliphatic carbocycles. The zero-order valence-electron chi connectivity index (χ0n) is 11.0. The Balaban J connectivity index is 1.71. The SMILES string of the molecule is CNC(=O)[C@@H]1CC[C@H]2[C@H](CCN2c2ncccn2)O1. The van der Waals surface area contributed by atoms with Crippen molar-refractivity contribution >= 4 is 11.9 Å². The molecule has 1 amide bonds. The van der Waals surface area contributed by atoms with Crippen LogP contribution in [0.3, 0.4) is 0 Å². The minimum Gasteiger partial charge on any atom is -0.363 e. The van der Waals surface area contributed by atoms with E-state index >= 15 is 0 Å². The summed E-state index contributed by atoms with van der Waals surface area (Å²) in [4.78, 5) is 22.4. The standard InChI is InChI=1S/C13H18N4O2/c1-14-12(18)11-4-3-9-10(19-11)5-8-17(9)13-15-6-2-7-16-13/h2,6-7,9-11H,3-5,8H2,1H3,(H,14,18)/t9-,10-,11-/m0/s1. The topological polar surface area (TPSA) is 67.4 Å². The number of anilines is 1. The van der Waals surface area contributed by atoms with Crippen LogP contribution >= 0.6 is 0 Å². The highest BCUT2D eigenvalue weighted by molar-refractivity contribution is 5.80. The Hall–Kier alpha value is -1.69. The first-order chi connectivity index (χ1) is 9.29. The Bertz CT molecular complexity index is 453. The highest BCUT2D eigenvalue weighted by Crippen LogP contribution is 2.33. The van der Waals surface area contributed by atoms with Crippen molar-refractivity contribution in [1.29, 1.82) is 0 Å². The fourth-order valence-electron chi connectivity index (χ4n) is 2.97. The lowest BCUT2D eigenvalue weighted by molar-refractivity contribution is -0.141. The lowest BCUT2D eigenvalue weighted by atomic mass is 9.99. The van der Waals surface area contributed by atoms with E-state index in [0.717, 1.165) is 31.8 Å². The van der Waals surface area contributed by atoms with E-state index in [-0.39, 0.29) is 18.1 Å². The molecule has 102 valence electrons. The van der Waals surface area contributed by atoms with Gasteiger partial charge in [-0.15, -0.1) is 0 Å². The minimum absolute atomic E-state index is 0.0205. The van der Waals surface area contributed by atoms with Crippen molar-refractivity contribution in [3.8, 4) is 0 Å². The van der Waals surface area contributed by atoms with Crippen LogP contribution in [0.5, 0.6) is 0 Å². The molecular formula is C13H18N4O2. The second-order valence-corrected chi connectivity index (χ2v) is 4.95. The number of amides is 1. The quantitative estimate of drug-likeness (QED) is 0.833.